The Morgan fingerprint density at radius 2 is 1.70 bits per heavy atom. The first kappa shape index (κ1) is 22.0. The third kappa shape index (κ3) is 6.42. The number of thioether (sulfide) groups is 1. The van der Waals surface area contributed by atoms with Gasteiger partial charge in [0.2, 0.25) is 0 Å². The predicted molar refractivity (Wildman–Crippen MR) is 117 cm³/mol. The van der Waals surface area contributed by atoms with E-state index in [0.717, 1.165) is 10.5 Å². The number of carbonyl (C=O) groups excluding carboxylic acids is 2. The zero-order valence-electron chi connectivity index (χ0n) is 17.5. The Bertz CT molecular complexity index is 839. The SMILES string of the molecule is CC(C)(C)OC(=O)N1CC[C@H](NC(=O)OCc2ccccc2)C1Sc1ccccc1. The molecular formula is C23H28N2O4S. The van der Waals surface area contributed by atoms with E-state index in [1.165, 1.54) is 11.8 Å². The Morgan fingerprint density at radius 3 is 2.33 bits per heavy atom. The van der Waals surface area contributed by atoms with Crippen molar-refractivity contribution in [1.82, 2.24) is 10.2 Å². The number of hydrogen-bond donors (Lipinski definition) is 1. The Morgan fingerprint density at radius 1 is 1.07 bits per heavy atom. The first-order valence-electron chi connectivity index (χ1n) is 10.0. The van der Waals surface area contributed by atoms with Crippen LogP contribution in [-0.2, 0) is 16.1 Å². The molecule has 1 N–H and O–H groups in total. The fourth-order valence-electron chi connectivity index (χ4n) is 3.12. The van der Waals surface area contributed by atoms with Crippen LogP contribution in [0.5, 0.6) is 0 Å². The molecule has 2 atom stereocenters. The summed E-state index contributed by atoms with van der Waals surface area (Å²) in [4.78, 5) is 27.9. The van der Waals surface area contributed by atoms with Gasteiger partial charge in [0.05, 0.1) is 6.04 Å². The quantitative estimate of drug-likeness (QED) is 0.723. The maximum atomic E-state index is 12.8. The monoisotopic (exact) mass is 428 g/mol. The molecule has 1 aliphatic rings. The molecule has 0 spiro atoms. The second kappa shape index (κ2) is 9.89. The Balaban J connectivity index is 1.66. The molecule has 6 nitrogen and oxygen atoms in total. The highest BCUT2D eigenvalue weighted by molar-refractivity contribution is 8.00. The molecule has 30 heavy (non-hydrogen) atoms. The lowest BCUT2D eigenvalue weighted by molar-refractivity contribution is 0.0270. The molecule has 2 amide bonds. The molecular weight excluding hydrogens is 400 g/mol. The maximum absolute atomic E-state index is 12.8. The number of hydrogen-bond acceptors (Lipinski definition) is 5. The van der Waals surface area contributed by atoms with Crippen molar-refractivity contribution in [3.8, 4) is 0 Å². The molecule has 0 bridgehead atoms. The van der Waals surface area contributed by atoms with E-state index in [1.54, 1.807) is 4.90 Å². The topological polar surface area (TPSA) is 67.9 Å². The van der Waals surface area contributed by atoms with Gasteiger partial charge in [0.15, 0.2) is 0 Å². The number of nitrogens with one attached hydrogen (secondary N) is 1. The average Bonchev–Trinajstić information content (AvgIpc) is 3.09. The molecule has 0 saturated carbocycles. The minimum atomic E-state index is -0.584. The van der Waals surface area contributed by atoms with E-state index in [4.69, 9.17) is 9.47 Å². The van der Waals surface area contributed by atoms with Crippen LogP contribution in [0, 0.1) is 0 Å². The molecule has 0 aliphatic carbocycles. The van der Waals surface area contributed by atoms with Gasteiger partial charge in [-0.3, -0.25) is 4.90 Å². The number of benzene rings is 2. The number of ether oxygens (including phenoxy) is 2. The fourth-order valence-corrected chi connectivity index (χ4v) is 4.41. The van der Waals surface area contributed by atoms with Crippen molar-refractivity contribution in [3.63, 3.8) is 0 Å². The summed E-state index contributed by atoms with van der Waals surface area (Å²) < 4.78 is 10.9. The van der Waals surface area contributed by atoms with E-state index in [-0.39, 0.29) is 24.1 Å². The van der Waals surface area contributed by atoms with Crippen molar-refractivity contribution in [2.75, 3.05) is 6.54 Å². The number of likely N-dealkylation sites (tertiary alicyclic amines) is 1. The zero-order chi connectivity index (χ0) is 21.6. The second-order valence-corrected chi connectivity index (χ2v) is 9.29. The Labute approximate surface area is 181 Å². The van der Waals surface area contributed by atoms with E-state index in [2.05, 4.69) is 5.32 Å². The summed E-state index contributed by atoms with van der Waals surface area (Å²) >= 11 is 1.53. The van der Waals surface area contributed by atoms with Gasteiger partial charge < -0.3 is 14.8 Å². The van der Waals surface area contributed by atoms with E-state index < -0.39 is 11.7 Å². The molecule has 1 heterocycles. The van der Waals surface area contributed by atoms with E-state index >= 15 is 0 Å². The summed E-state index contributed by atoms with van der Waals surface area (Å²) in [5.41, 5.74) is 0.337. The Hall–Kier alpha value is -2.67. The van der Waals surface area contributed by atoms with Crippen LogP contribution in [0.2, 0.25) is 0 Å². The Kier molecular flexibility index (Phi) is 7.26. The number of amides is 2. The number of carbonyl (C=O) groups is 2. The summed E-state index contributed by atoms with van der Waals surface area (Å²) in [6.07, 6.45) is -0.240. The van der Waals surface area contributed by atoms with Gasteiger partial charge in [-0.05, 0) is 44.9 Å². The lowest BCUT2D eigenvalue weighted by atomic mass is 10.2. The molecule has 1 unspecified atom stereocenters. The van der Waals surface area contributed by atoms with Crippen LogP contribution in [0.25, 0.3) is 0 Å². The van der Waals surface area contributed by atoms with Crippen molar-refractivity contribution in [2.45, 2.75) is 55.7 Å². The number of nitrogens with zero attached hydrogens (tertiary/aromatic N) is 1. The number of alkyl carbamates (subject to hydrolysis) is 1. The average molecular weight is 429 g/mol. The normalized spacial score (nSPS) is 18.7. The van der Waals surface area contributed by atoms with Crippen LogP contribution in [-0.4, -0.2) is 40.6 Å². The van der Waals surface area contributed by atoms with Crippen LogP contribution < -0.4 is 5.32 Å². The standard InChI is InChI=1S/C23H28N2O4S/c1-23(2,3)29-22(27)25-15-14-19(20(25)30-18-12-8-5-9-13-18)24-21(26)28-16-17-10-6-4-7-11-17/h4-13,19-20H,14-16H2,1-3H3,(H,24,26)/t19-,20?/m0/s1. The zero-order valence-corrected chi connectivity index (χ0v) is 18.4. The molecule has 1 aliphatic heterocycles. The van der Waals surface area contributed by atoms with Crippen LogP contribution in [0.1, 0.15) is 32.8 Å². The summed E-state index contributed by atoms with van der Waals surface area (Å²) in [7, 11) is 0. The van der Waals surface area contributed by atoms with Gasteiger partial charge in [0.25, 0.3) is 0 Å². The smallest absolute Gasteiger partial charge is 0.411 e. The van der Waals surface area contributed by atoms with Gasteiger partial charge in [-0.1, -0.05) is 60.3 Å². The second-order valence-electron chi connectivity index (χ2n) is 8.10. The lowest BCUT2D eigenvalue weighted by Crippen LogP contribution is -2.46. The van der Waals surface area contributed by atoms with Crippen LogP contribution >= 0.6 is 11.8 Å². The van der Waals surface area contributed by atoms with Crippen molar-refractivity contribution in [2.24, 2.45) is 0 Å². The van der Waals surface area contributed by atoms with Crippen molar-refractivity contribution in [1.29, 1.82) is 0 Å². The molecule has 0 radical (unpaired) electrons. The first-order chi connectivity index (χ1) is 14.3. The van der Waals surface area contributed by atoms with Crippen LogP contribution in [0.3, 0.4) is 0 Å². The molecule has 160 valence electrons. The van der Waals surface area contributed by atoms with Gasteiger partial charge in [0.1, 0.15) is 17.6 Å². The predicted octanol–water partition coefficient (Wildman–Crippen LogP) is 5.04. The minimum Gasteiger partial charge on any atom is -0.445 e. The lowest BCUT2D eigenvalue weighted by Gasteiger charge is -2.30. The van der Waals surface area contributed by atoms with Gasteiger partial charge in [-0.15, -0.1) is 0 Å². The van der Waals surface area contributed by atoms with Gasteiger partial charge >= 0.3 is 12.2 Å². The van der Waals surface area contributed by atoms with Crippen LogP contribution in [0.15, 0.2) is 65.6 Å². The van der Waals surface area contributed by atoms with Crippen molar-refractivity contribution in [3.05, 3.63) is 66.2 Å². The summed E-state index contributed by atoms with van der Waals surface area (Å²) in [6, 6.07) is 19.1. The summed E-state index contributed by atoms with van der Waals surface area (Å²) in [5.74, 6) is 0. The molecule has 2 aromatic rings. The molecule has 2 aromatic carbocycles. The van der Waals surface area contributed by atoms with Gasteiger partial charge in [0, 0.05) is 11.4 Å². The van der Waals surface area contributed by atoms with Gasteiger partial charge in [-0.25, -0.2) is 9.59 Å². The number of rotatable bonds is 5. The maximum Gasteiger partial charge on any atom is 0.411 e. The molecule has 1 fully saturated rings. The minimum absolute atomic E-state index is 0.200. The van der Waals surface area contributed by atoms with E-state index in [9.17, 15) is 9.59 Å². The molecule has 1 saturated heterocycles. The van der Waals surface area contributed by atoms with Crippen molar-refractivity contribution < 1.29 is 19.1 Å². The highest BCUT2D eigenvalue weighted by Gasteiger charge is 2.40. The summed E-state index contributed by atoms with van der Waals surface area (Å²) in [5, 5.41) is 2.65. The van der Waals surface area contributed by atoms with E-state index in [1.807, 2.05) is 81.4 Å². The van der Waals surface area contributed by atoms with Gasteiger partial charge in [-0.2, -0.15) is 0 Å². The van der Waals surface area contributed by atoms with Crippen molar-refractivity contribution >= 4 is 23.9 Å². The van der Waals surface area contributed by atoms with E-state index in [0.29, 0.717) is 13.0 Å². The highest BCUT2D eigenvalue weighted by Crippen LogP contribution is 2.34. The largest absolute Gasteiger partial charge is 0.445 e. The highest BCUT2D eigenvalue weighted by atomic mass is 32.2. The first-order valence-corrected chi connectivity index (χ1v) is 10.9. The third-order valence-electron chi connectivity index (χ3n) is 4.48. The molecule has 3 rings (SSSR count). The third-order valence-corrected chi connectivity index (χ3v) is 5.85. The fraction of sp³-hybridized carbons (Fsp3) is 0.391. The van der Waals surface area contributed by atoms with Crippen LogP contribution in [0.4, 0.5) is 9.59 Å². The molecule has 7 heteroatoms. The molecule has 0 aromatic heterocycles. The summed E-state index contributed by atoms with van der Waals surface area (Å²) in [6.45, 7) is 6.24.